The molecule has 0 spiro atoms. The van der Waals surface area contributed by atoms with Crippen molar-refractivity contribution < 1.29 is 17.9 Å². The van der Waals surface area contributed by atoms with Crippen LogP contribution in [0.25, 0.3) is 0 Å². The van der Waals surface area contributed by atoms with Crippen molar-refractivity contribution in [1.82, 2.24) is 19.9 Å². The van der Waals surface area contributed by atoms with E-state index in [1.54, 1.807) is 18.9 Å². The molecule has 2 rings (SSSR count). The Hall–Kier alpha value is -0.780. The van der Waals surface area contributed by atoms with Crippen molar-refractivity contribution >= 4 is 40.1 Å². The Bertz CT molecular complexity index is 633. The second-order valence-corrected chi connectivity index (χ2v) is 8.43. The van der Waals surface area contributed by atoms with E-state index in [0.29, 0.717) is 39.3 Å². The number of aromatic nitrogens is 1. The Kier molecular flexibility index (Phi) is 9.83. The number of amides is 1. The summed E-state index contributed by atoms with van der Waals surface area (Å²) in [6.07, 6.45) is 1.38. The summed E-state index contributed by atoms with van der Waals surface area (Å²) in [4.78, 5) is 14.9. The van der Waals surface area contributed by atoms with Gasteiger partial charge in [-0.1, -0.05) is 0 Å². The van der Waals surface area contributed by atoms with E-state index < -0.39 is 10.0 Å². The number of H-pyrrole nitrogens is 1. The molecule has 1 aliphatic rings. The zero-order valence-electron chi connectivity index (χ0n) is 14.1. The lowest BCUT2D eigenvalue weighted by Crippen LogP contribution is -2.37. The molecule has 0 saturated carbocycles. The minimum Gasteiger partial charge on any atom is -0.383 e. The van der Waals surface area contributed by atoms with E-state index in [1.807, 2.05) is 0 Å². The normalized spacial score (nSPS) is 15.6. The van der Waals surface area contributed by atoms with Gasteiger partial charge in [0.1, 0.15) is 10.6 Å². The summed E-state index contributed by atoms with van der Waals surface area (Å²) in [5.74, 6) is 1.28. The smallest absolute Gasteiger partial charge is 0.267 e. The van der Waals surface area contributed by atoms with E-state index >= 15 is 0 Å². The fourth-order valence-corrected chi connectivity index (χ4v) is 4.82. The van der Waals surface area contributed by atoms with Gasteiger partial charge < -0.3 is 20.4 Å². The maximum Gasteiger partial charge on any atom is 0.267 e. The Labute approximate surface area is 158 Å². The summed E-state index contributed by atoms with van der Waals surface area (Å²) in [5.41, 5.74) is 0.247. The monoisotopic (exact) mass is 412 g/mol. The standard InChI is InChI=1S/C14H24N4O4S2.ClH/c1-22-7-4-15-2-3-16-14(19)13-10-12(11-17-13)24(20,21)18-5-8-23-9-6-18;/h10-11,15,17H,2-9H2,1H3,(H,16,19);1H. The van der Waals surface area contributed by atoms with E-state index in [-0.39, 0.29) is 28.9 Å². The third-order valence-electron chi connectivity index (χ3n) is 3.58. The number of nitrogens with zero attached hydrogens (tertiary/aromatic N) is 1. The van der Waals surface area contributed by atoms with Gasteiger partial charge in [0.25, 0.3) is 5.91 Å². The number of methoxy groups -OCH3 is 1. The molecular formula is C14H25ClN4O4S2. The maximum atomic E-state index is 12.5. The van der Waals surface area contributed by atoms with Gasteiger partial charge in [0.2, 0.25) is 10.0 Å². The molecule has 1 aromatic rings. The van der Waals surface area contributed by atoms with Crippen LogP contribution in [0.1, 0.15) is 10.5 Å². The lowest BCUT2D eigenvalue weighted by atomic mass is 10.4. The van der Waals surface area contributed by atoms with Crippen LogP contribution in [0.15, 0.2) is 17.2 Å². The summed E-state index contributed by atoms with van der Waals surface area (Å²) in [6.45, 7) is 3.41. The summed E-state index contributed by atoms with van der Waals surface area (Å²) >= 11 is 1.74. The van der Waals surface area contributed by atoms with Crippen LogP contribution in [0.4, 0.5) is 0 Å². The molecule has 3 N–H and O–H groups in total. The number of halogens is 1. The zero-order valence-corrected chi connectivity index (χ0v) is 16.6. The first-order valence-electron chi connectivity index (χ1n) is 7.80. The predicted molar refractivity (Wildman–Crippen MR) is 101 cm³/mol. The van der Waals surface area contributed by atoms with Crippen LogP contribution in [0.2, 0.25) is 0 Å². The molecule has 8 nitrogen and oxygen atoms in total. The molecule has 2 heterocycles. The molecule has 0 bridgehead atoms. The summed E-state index contributed by atoms with van der Waals surface area (Å²) in [6, 6.07) is 1.39. The van der Waals surface area contributed by atoms with Crippen molar-refractivity contribution in [3.05, 3.63) is 18.0 Å². The highest BCUT2D eigenvalue weighted by molar-refractivity contribution is 7.99. The van der Waals surface area contributed by atoms with E-state index in [4.69, 9.17) is 4.74 Å². The second kappa shape index (κ2) is 11.0. The molecule has 25 heavy (non-hydrogen) atoms. The van der Waals surface area contributed by atoms with Crippen molar-refractivity contribution in [2.45, 2.75) is 4.90 Å². The van der Waals surface area contributed by atoms with Crippen molar-refractivity contribution in [1.29, 1.82) is 0 Å². The Balaban J connectivity index is 0.00000312. The minimum atomic E-state index is -3.53. The summed E-state index contributed by atoms with van der Waals surface area (Å²) < 4.78 is 31.4. The van der Waals surface area contributed by atoms with Gasteiger partial charge in [-0.2, -0.15) is 16.1 Å². The number of ether oxygens (including phenoxy) is 1. The Morgan fingerprint density at radius 3 is 2.72 bits per heavy atom. The van der Waals surface area contributed by atoms with Crippen LogP contribution in [-0.4, -0.2) is 81.6 Å². The quantitative estimate of drug-likeness (QED) is 0.498. The SMILES string of the molecule is COCCNCCNC(=O)c1cc(S(=O)(=O)N2CCSCC2)c[nH]1.Cl. The van der Waals surface area contributed by atoms with E-state index in [1.165, 1.54) is 16.6 Å². The van der Waals surface area contributed by atoms with E-state index in [9.17, 15) is 13.2 Å². The molecule has 0 radical (unpaired) electrons. The summed E-state index contributed by atoms with van der Waals surface area (Å²) in [7, 11) is -1.90. The average Bonchev–Trinajstić information content (AvgIpc) is 3.09. The van der Waals surface area contributed by atoms with Crippen LogP contribution < -0.4 is 10.6 Å². The van der Waals surface area contributed by atoms with Crippen LogP contribution in [0, 0.1) is 0 Å². The fourth-order valence-electron chi connectivity index (χ4n) is 2.25. The molecule has 144 valence electrons. The van der Waals surface area contributed by atoms with Gasteiger partial charge >= 0.3 is 0 Å². The van der Waals surface area contributed by atoms with Crippen LogP contribution in [-0.2, 0) is 14.8 Å². The Morgan fingerprint density at radius 1 is 1.32 bits per heavy atom. The van der Waals surface area contributed by atoms with Gasteiger partial charge in [0, 0.05) is 57.5 Å². The number of rotatable bonds is 9. The molecule has 0 unspecified atom stereocenters. The number of hydrogen-bond donors (Lipinski definition) is 3. The highest BCUT2D eigenvalue weighted by Gasteiger charge is 2.27. The summed E-state index contributed by atoms with van der Waals surface area (Å²) in [5, 5.41) is 5.85. The van der Waals surface area contributed by atoms with Crippen molar-refractivity contribution in [3.8, 4) is 0 Å². The van der Waals surface area contributed by atoms with Crippen molar-refractivity contribution in [3.63, 3.8) is 0 Å². The topological polar surface area (TPSA) is 104 Å². The number of thioether (sulfide) groups is 1. The van der Waals surface area contributed by atoms with Gasteiger partial charge in [-0.25, -0.2) is 8.42 Å². The first-order valence-corrected chi connectivity index (χ1v) is 10.4. The number of aromatic amines is 1. The first kappa shape index (κ1) is 22.3. The number of carbonyl (C=O) groups excluding carboxylic acids is 1. The van der Waals surface area contributed by atoms with Gasteiger partial charge in [-0.05, 0) is 6.07 Å². The molecule has 0 atom stereocenters. The minimum absolute atomic E-state index is 0. The third kappa shape index (κ3) is 6.46. The van der Waals surface area contributed by atoms with Crippen molar-refractivity contribution in [2.24, 2.45) is 0 Å². The highest BCUT2D eigenvalue weighted by atomic mass is 35.5. The molecule has 0 aromatic carbocycles. The first-order chi connectivity index (χ1) is 11.6. The number of nitrogens with one attached hydrogen (secondary N) is 3. The second-order valence-electron chi connectivity index (χ2n) is 5.26. The number of sulfonamides is 1. The molecule has 1 aliphatic heterocycles. The van der Waals surface area contributed by atoms with Crippen LogP contribution in [0.3, 0.4) is 0 Å². The predicted octanol–water partition coefficient (Wildman–Crippen LogP) is 0.140. The molecular weight excluding hydrogens is 388 g/mol. The third-order valence-corrected chi connectivity index (χ3v) is 6.40. The maximum absolute atomic E-state index is 12.5. The van der Waals surface area contributed by atoms with E-state index in [2.05, 4.69) is 15.6 Å². The largest absolute Gasteiger partial charge is 0.383 e. The molecule has 1 aromatic heterocycles. The van der Waals surface area contributed by atoms with Crippen LogP contribution in [0.5, 0.6) is 0 Å². The molecule has 0 aliphatic carbocycles. The van der Waals surface area contributed by atoms with Crippen molar-refractivity contribution in [2.75, 3.05) is 57.9 Å². The van der Waals surface area contributed by atoms with Gasteiger partial charge in [0.15, 0.2) is 0 Å². The number of hydrogen-bond acceptors (Lipinski definition) is 6. The zero-order chi connectivity index (χ0) is 17.4. The Morgan fingerprint density at radius 2 is 2.04 bits per heavy atom. The molecule has 1 fully saturated rings. The van der Waals surface area contributed by atoms with Gasteiger partial charge in [-0.15, -0.1) is 12.4 Å². The van der Waals surface area contributed by atoms with E-state index in [0.717, 1.165) is 11.5 Å². The molecule has 11 heteroatoms. The number of carbonyl (C=O) groups is 1. The molecule has 1 amide bonds. The van der Waals surface area contributed by atoms with Gasteiger partial charge in [0.05, 0.1) is 6.61 Å². The lowest BCUT2D eigenvalue weighted by Gasteiger charge is -2.24. The lowest BCUT2D eigenvalue weighted by molar-refractivity contribution is 0.0949. The highest BCUT2D eigenvalue weighted by Crippen LogP contribution is 2.20. The van der Waals surface area contributed by atoms with Gasteiger partial charge in [-0.3, -0.25) is 4.79 Å². The average molecular weight is 413 g/mol. The van der Waals surface area contributed by atoms with Crippen LogP contribution >= 0.6 is 24.2 Å². The fraction of sp³-hybridized carbons (Fsp3) is 0.643. The molecule has 1 saturated heterocycles.